The van der Waals surface area contributed by atoms with Crippen molar-refractivity contribution in [3.05, 3.63) is 15.8 Å². The van der Waals surface area contributed by atoms with Gasteiger partial charge in [0, 0.05) is 12.6 Å². The summed E-state index contributed by atoms with van der Waals surface area (Å²) in [5.74, 6) is 0.520. The van der Waals surface area contributed by atoms with Gasteiger partial charge in [0.2, 0.25) is 5.82 Å². The summed E-state index contributed by atoms with van der Waals surface area (Å²) >= 11 is 0. The summed E-state index contributed by atoms with van der Waals surface area (Å²) in [4.78, 5) is 10.9. The molecule has 2 heterocycles. The van der Waals surface area contributed by atoms with E-state index in [4.69, 9.17) is 0 Å². The molecule has 0 amide bonds. The van der Waals surface area contributed by atoms with Gasteiger partial charge < -0.3 is 10.6 Å². The molecule has 0 aliphatic carbocycles. The summed E-state index contributed by atoms with van der Waals surface area (Å²) in [6.07, 6.45) is 2.44. The van der Waals surface area contributed by atoms with Crippen LogP contribution in [0.1, 0.15) is 32.4 Å². The van der Waals surface area contributed by atoms with E-state index >= 15 is 0 Å². The molecule has 1 aromatic heterocycles. The second-order valence-corrected chi connectivity index (χ2v) is 5.31. The van der Waals surface area contributed by atoms with Crippen LogP contribution >= 0.6 is 0 Å². The number of nitro groups is 1. The predicted octanol–water partition coefficient (Wildman–Crippen LogP) is 1.44. The maximum atomic E-state index is 11.3. The van der Waals surface area contributed by atoms with Gasteiger partial charge in [-0.1, -0.05) is 6.92 Å². The Balaban J connectivity index is 2.33. The number of anilines is 1. The van der Waals surface area contributed by atoms with Gasteiger partial charge in [0.15, 0.2) is 0 Å². The third-order valence-corrected chi connectivity index (χ3v) is 3.74. The van der Waals surface area contributed by atoms with E-state index in [1.165, 1.54) is 0 Å². The van der Waals surface area contributed by atoms with E-state index in [0.29, 0.717) is 17.9 Å². The molecule has 7 heteroatoms. The Morgan fingerprint density at radius 1 is 1.53 bits per heavy atom. The molecular weight excluding hydrogens is 246 g/mol. The zero-order valence-corrected chi connectivity index (χ0v) is 11.7. The van der Waals surface area contributed by atoms with Crippen LogP contribution in [0.3, 0.4) is 0 Å². The third kappa shape index (κ3) is 2.70. The van der Waals surface area contributed by atoms with Crippen molar-refractivity contribution in [2.75, 3.05) is 18.4 Å². The number of nitrogens with zero attached hydrogens (tertiary/aromatic N) is 3. The van der Waals surface area contributed by atoms with Crippen LogP contribution in [-0.4, -0.2) is 33.3 Å². The first-order chi connectivity index (χ1) is 8.97. The fraction of sp³-hybridized carbons (Fsp3) is 0.750. The number of piperidine rings is 1. The van der Waals surface area contributed by atoms with Crippen molar-refractivity contribution in [1.29, 1.82) is 0 Å². The normalized spacial score (nSPS) is 18.3. The lowest BCUT2D eigenvalue weighted by Crippen LogP contribution is -2.45. The maximum Gasteiger partial charge on any atom is 0.333 e. The van der Waals surface area contributed by atoms with E-state index in [0.717, 1.165) is 25.9 Å². The van der Waals surface area contributed by atoms with E-state index in [2.05, 4.69) is 22.7 Å². The van der Waals surface area contributed by atoms with Gasteiger partial charge in [0.1, 0.15) is 5.69 Å². The minimum Gasteiger partial charge on any atom is -0.359 e. The summed E-state index contributed by atoms with van der Waals surface area (Å²) in [6, 6.07) is 0. The molecule has 0 radical (unpaired) electrons. The van der Waals surface area contributed by atoms with Crippen molar-refractivity contribution in [2.24, 2.45) is 7.05 Å². The maximum absolute atomic E-state index is 11.3. The molecule has 19 heavy (non-hydrogen) atoms. The highest BCUT2D eigenvalue weighted by Crippen LogP contribution is 2.32. The van der Waals surface area contributed by atoms with Crippen molar-refractivity contribution < 1.29 is 4.92 Å². The first kappa shape index (κ1) is 13.8. The van der Waals surface area contributed by atoms with Crippen molar-refractivity contribution in [1.82, 2.24) is 15.1 Å². The van der Waals surface area contributed by atoms with Gasteiger partial charge >= 0.3 is 5.69 Å². The van der Waals surface area contributed by atoms with Gasteiger partial charge in [-0.25, -0.2) is 4.68 Å². The highest BCUT2D eigenvalue weighted by Gasteiger charge is 2.33. The Bertz CT molecular complexity index is 477. The third-order valence-electron chi connectivity index (χ3n) is 3.74. The van der Waals surface area contributed by atoms with Crippen LogP contribution in [-0.2, 0) is 13.5 Å². The smallest absolute Gasteiger partial charge is 0.333 e. The van der Waals surface area contributed by atoms with Gasteiger partial charge in [-0.05, 0) is 39.3 Å². The van der Waals surface area contributed by atoms with Crippen LogP contribution in [0.2, 0.25) is 0 Å². The Morgan fingerprint density at radius 3 is 2.68 bits per heavy atom. The van der Waals surface area contributed by atoms with Crippen LogP contribution in [0.25, 0.3) is 0 Å². The Labute approximate surface area is 112 Å². The number of aromatic nitrogens is 2. The minimum atomic E-state index is -0.335. The minimum absolute atomic E-state index is 0.116. The Morgan fingerprint density at radius 2 is 2.16 bits per heavy atom. The molecule has 2 rings (SSSR count). The standard InChI is InChI=1S/C12H21N5O2/c1-4-9-10(17(18)19)11(16(3)15-9)14-12(2)5-7-13-8-6-12/h13-14H,4-8H2,1-3H3. The quantitative estimate of drug-likeness (QED) is 0.637. The van der Waals surface area contributed by atoms with Gasteiger partial charge in [0.05, 0.1) is 4.92 Å². The molecule has 1 aliphatic heterocycles. The molecule has 7 nitrogen and oxygen atoms in total. The van der Waals surface area contributed by atoms with Gasteiger partial charge in [-0.2, -0.15) is 5.10 Å². The van der Waals surface area contributed by atoms with Crippen LogP contribution in [0.15, 0.2) is 0 Å². The molecule has 0 atom stereocenters. The summed E-state index contributed by atoms with van der Waals surface area (Å²) in [7, 11) is 1.75. The average molecular weight is 267 g/mol. The second kappa shape index (κ2) is 5.16. The summed E-state index contributed by atoms with van der Waals surface area (Å²) in [5.41, 5.74) is 0.534. The highest BCUT2D eigenvalue weighted by atomic mass is 16.6. The van der Waals surface area contributed by atoms with Crippen molar-refractivity contribution >= 4 is 11.5 Å². The molecule has 106 valence electrons. The monoisotopic (exact) mass is 267 g/mol. The number of aryl methyl sites for hydroxylation is 2. The predicted molar refractivity (Wildman–Crippen MR) is 73.4 cm³/mol. The Hall–Kier alpha value is -1.63. The number of rotatable bonds is 4. The molecule has 0 aromatic carbocycles. The summed E-state index contributed by atoms with van der Waals surface area (Å²) in [5, 5.41) is 22.2. The molecule has 0 saturated carbocycles. The summed E-state index contributed by atoms with van der Waals surface area (Å²) < 4.78 is 1.59. The fourth-order valence-electron chi connectivity index (χ4n) is 2.53. The van der Waals surface area contributed by atoms with E-state index in [1.807, 2.05) is 6.92 Å². The van der Waals surface area contributed by atoms with Gasteiger partial charge in [-0.15, -0.1) is 0 Å². The van der Waals surface area contributed by atoms with E-state index in [1.54, 1.807) is 11.7 Å². The van der Waals surface area contributed by atoms with E-state index in [-0.39, 0.29) is 16.1 Å². The molecule has 1 fully saturated rings. The number of hydrogen-bond donors (Lipinski definition) is 2. The van der Waals surface area contributed by atoms with E-state index < -0.39 is 0 Å². The molecule has 1 aliphatic rings. The summed E-state index contributed by atoms with van der Waals surface area (Å²) in [6.45, 7) is 5.84. The average Bonchev–Trinajstić information content (AvgIpc) is 2.66. The number of nitrogens with one attached hydrogen (secondary N) is 2. The Kier molecular flexibility index (Phi) is 3.75. The molecule has 0 spiro atoms. The lowest BCUT2D eigenvalue weighted by Gasteiger charge is -2.35. The zero-order chi connectivity index (χ0) is 14.0. The molecule has 2 N–H and O–H groups in total. The van der Waals surface area contributed by atoms with Gasteiger partial charge in [0.25, 0.3) is 0 Å². The molecule has 1 saturated heterocycles. The molecular formula is C12H21N5O2. The lowest BCUT2D eigenvalue weighted by molar-refractivity contribution is -0.384. The molecule has 0 bridgehead atoms. The van der Waals surface area contributed by atoms with E-state index in [9.17, 15) is 10.1 Å². The first-order valence-electron chi connectivity index (χ1n) is 6.66. The van der Waals surface area contributed by atoms with Crippen molar-refractivity contribution in [3.8, 4) is 0 Å². The van der Waals surface area contributed by atoms with Crippen LogP contribution < -0.4 is 10.6 Å². The highest BCUT2D eigenvalue weighted by molar-refractivity contribution is 5.61. The topological polar surface area (TPSA) is 85.0 Å². The SMILES string of the molecule is CCc1nn(C)c(NC2(C)CCNCC2)c1[N+](=O)[O-]. The number of hydrogen-bond acceptors (Lipinski definition) is 5. The largest absolute Gasteiger partial charge is 0.359 e. The zero-order valence-electron chi connectivity index (χ0n) is 11.7. The first-order valence-corrected chi connectivity index (χ1v) is 6.66. The molecule has 1 aromatic rings. The second-order valence-electron chi connectivity index (χ2n) is 5.31. The van der Waals surface area contributed by atoms with Crippen molar-refractivity contribution in [2.45, 2.75) is 38.6 Å². The molecule has 0 unspecified atom stereocenters. The van der Waals surface area contributed by atoms with Crippen LogP contribution in [0.5, 0.6) is 0 Å². The van der Waals surface area contributed by atoms with Gasteiger partial charge in [-0.3, -0.25) is 10.1 Å². The lowest BCUT2D eigenvalue weighted by atomic mass is 9.90. The van der Waals surface area contributed by atoms with Crippen LogP contribution in [0.4, 0.5) is 11.5 Å². The fourth-order valence-corrected chi connectivity index (χ4v) is 2.53. The van der Waals surface area contributed by atoms with Crippen LogP contribution in [0, 0.1) is 10.1 Å². The van der Waals surface area contributed by atoms with Crippen molar-refractivity contribution in [3.63, 3.8) is 0 Å².